The maximum absolute atomic E-state index is 14.5. The Bertz CT molecular complexity index is 932. The molecule has 0 saturated heterocycles. The monoisotopic (exact) mass is 375 g/mol. The number of rotatable bonds is 5. The number of para-hydroxylation sites is 1. The van der Waals surface area contributed by atoms with Crippen LogP contribution in [0.5, 0.6) is 5.75 Å². The number of methoxy groups -OCH3 is 1. The highest BCUT2D eigenvalue weighted by molar-refractivity contribution is 6.09. The van der Waals surface area contributed by atoms with Crippen molar-refractivity contribution in [2.45, 2.75) is 0 Å². The van der Waals surface area contributed by atoms with Crippen molar-refractivity contribution in [2.24, 2.45) is 0 Å². The maximum Gasteiger partial charge on any atom is 0.334 e. The number of carboxylic acid groups (broad SMARTS) is 1. The molecule has 0 spiro atoms. The molecule has 3 rings (SSSR count). The smallest absolute Gasteiger partial charge is 0.334 e. The van der Waals surface area contributed by atoms with Crippen LogP contribution in [-0.4, -0.2) is 37.3 Å². The lowest BCUT2D eigenvalue weighted by atomic mass is 10.0. The number of benzene rings is 2. The molecule has 6 nitrogen and oxygen atoms in total. The number of carbonyl (C=O) groups excluding carboxylic acids is 1. The predicted octanol–water partition coefficient (Wildman–Crippen LogP) is 2.99. The molecule has 1 heterocycles. The molecule has 8 heteroatoms. The van der Waals surface area contributed by atoms with Gasteiger partial charge in [0.15, 0.2) is 0 Å². The molecule has 1 amide bonds. The van der Waals surface area contributed by atoms with E-state index in [1.165, 1.54) is 7.11 Å². The third-order valence-electron chi connectivity index (χ3n) is 4.09. The van der Waals surface area contributed by atoms with E-state index in [9.17, 15) is 18.4 Å². The van der Waals surface area contributed by atoms with Gasteiger partial charge in [-0.25, -0.2) is 13.6 Å². The van der Waals surface area contributed by atoms with E-state index in [1.54, 1.807) is 24.3 Å². The van der Waals surface area contributed by atoms with Crippen LogP contribution in [0.25, 0.3) is 11.1 Å². The number of hydrogen-bond donors (Lipinski definition) is 2. The zero-order chi connectivity index (χ0) is 19.6. The molecule has 27 heavy (non-hydrogen) atoms. The molecule has 0 bridgehead atoms. The lowest BCUT2D eigenvalue weighted by molar-refractivity contribution is -0.133. The Hall–Kier alpha value is -3.26. The molecule has 2 aromatic carbocycles. The van der Waals surface area contributed by atoms with Gasteiger partial charge >= 0.3 is 5.97 Å². The first-order valence-electron chi connectivity index (χ1n) is 7.89. The van der Waals surface area contributed by atoms with Gasteiger partial charge in [0.25, 0.3) is 5.91 Å². The van der Waals surface area contributed by atoms with E-state index in [0.29, 0.717) is 11.3 Å². The topological polar surface area (TPSA) is 84.9 Å². The SMILES string of the molecule is COc1ccccc1-c1cc(F)c(NC(=O)C2=C(C(=O)O)COC2)c(F)c1. The van der Waals surface area contributed by atoms with Gasteiger partial charge in [-0.1, -0.05) is 18.2 Å². The van der Waals surface area contributed by atoms with Crippen molar-refractivity contribution in [1.82, 2.24) is 0 Å². The average Bonchev–Trinajstić information content (AvgIpc) is 3.14. The number of hydrogen-bond acceptors (Lipinski definition) is 4. The number of halogens is 2. The number of ether oxygens (including phenoxy) is 2. The van der Waals surface area contributed by atoms with Gasteiger partial charge in [-0.05, 0) is 23.8 Å². The molecule has 1 aliphatic heterocycles. The van der Waals surface area contributed by atoms with Crippen LogP contribution in [0, 0.1) is 11.6 Å². The van der Waals surface area contributed by atoms with Gasteiger partial charge in [-0.2, -0.15) is 0 Å². The number of amides is 1. The molecule has 2 aromatic rings. The van der Waals surface area contributed by atoms with Crippen molar-refractivity contribution in [3.63, 3.8) is 0 Å². The second kappa shape index (κ2) is 7.55. The van der Waals surface area contributed by atoms with E-state index in [1.807, 2.05) is 0 Å². The van der Waals surface area contributed by atoms with Gasteiger partial charge in [0, 0.05) is 5.56 Å². The van der Waals surface area contributed by atoms with Gasteiger partial charge in [0.1, 0.15) is 23.1 Å². The summed E-state index contributed by atoms with van der Waals surface area (Å²) in [6.45, 7) is -0.480. The van der Waals surface area contributed by atoms with E-state index in [-0.39, 0.29) is 29.9 Å². The number of aliphatic carboxylic acids is 1. The van der Waals surface area contributed by atoms with Crippen molar-refractivity contribution in [2.75, 3.05) is 25.6 Å². The maximum atomic E-state index is 14.5. The first-order chi connectivity index (χ1) is 12.9. The summed E-state index contributed by atoms with van der Waals surface area (Å²) in [5.41, 5.74) is -0.359. The molecule has 0 fully saturated rings. The molecule has 140 valence electrons. The highest BCUT2D eigenvalue weighted by Crippen LogP contribution is 2.33. The quantitative estimate of drug-likeness (QED) is 0.839. The van der Waals surface area contributed by atoms with Crippen molar-refractivity contribution in [1.29, 1.82) is 0 Å². The van der Waals surface area contributed by atoms with Gasteiger partial charge in [-0.15, -0.1) is 0 Å². The van der Waals surface area contributed by atoms with Crippen LogP contribution in [-0.2, 0) is 14.3 Å². The van der Waals surface area contributed by atoms with Crippen molar-refractivity contribution < 1.29 is 33.0 Å². The summed E-state index contributed by atoms with van der Waals surface area (Å²) in [6.07, 6.45) is 0. The third kappa shape index (κ3) is 3.65. The average molecular weight is 375 g/mol. The number of carboxylic acids is 1. The fourth-order valence-corrected chi connectivity index (χ4v) is 2.74. The van der Waals surface area contributed by atoms with Gasteiger partial charge in [-0.3, -0.25) is 4.79 Å². The molecular formula is C19H15F2NO5. The molecule has 2 N–H and O–H groups in total. The molecular weight excluding hydrogens is 360 g/mol. The third-order valence-corrected chi connectivity index (χ3v) is 4.09. The van der Waals surface area contributed by atoms with Crippen molar-refractivity contribution >= 4 is 17.6 Å². The van der Waals surface area contributed by atoms with Crippen LogP contribution in [0.15, 0.2) is 47.5 Å². The Kier molecular flexibility index (Phi) is 5.18. The number of anilines is 1. The van der Waals surface area contributed by atoms with Crippen LogP contribution in [0.1, 0.15) is 0 Å². The highest BCUT2D eigenvalue weighted by Gasteiger charge is 2.27. The molecule has 1 aliphatic rings. The van der Waals surface area contributed by atoms with Crippen molar-refractivity contribution in [3.8, 4) is 16.9 Å². The summed E-state index contributed by atoms with van der Waals surface area (Å²) in [4.78, 5) is 23.3. The minimum Gasteiger partial charge on any atom is -0.496 e. The van der Waals surface area contributed by atoms with E-state index in [2.05, 4.69) is 5.32 Å². The van der Waals surface area contributed by atoms with Crippen LogP contribution >= 0.6 is 0 Å². The first kappa shape index (κ1) is 18.5. The standard InChI is InChI=1S/C19H15F2NO5/c1-26-16-5-3-2-4-11(16)10-6-14(20)17(15(21)7-10)22-18(23)12-8-27-9-13(12)19(24)25/h2-7H,8-9H2,1H3,(H,22,23)(H,24,25). The Labute approximate surface area is 153 Å². The molecule has 0 unspecified atom stereocenters. The lowest BCUT2D eigenvalue weighted by Gasteiger charge is -2.12. The number of nitrogens with one attached hydrogen (secondary N) is 1. The fourth-order valence-electron chi connectivity index (χ4n) is 2.74. The van der Waals surface area contributed by atoms with Gasteiger partial charge < -0.3 is 19.9 Å². The Balaban J connectivity index is 1.93. The van der Waals surface area contributed by atoms with E-state index < -0.39 is 29.2 Å². The van der Waals surface area contributed by atoms with E-state index in [4.69, 9.17) is 14.6 Å². The highest BCUT2D eigenvalue weighted by atomic mass is 19.1. The Morgan fingerprint density at radius 3 is 2.37 bits per heavy atom. The summed E-state index contributed by atoms with van der Waals surface area (Å²) in [5, 5.41) is 11.1. The minimum atomic E-state index is -1.31. The molecule has 0 radical (unpaired) electrons. The molecule has 0 saturated carbocycles. The van der Waals surface area contributed by atoms with Crippen LogP contribution in [0.3, 0.4) is 0 Å². The summed E-state index contributed by atoms with van der Waals surface area (Å²) < 4.78 is 39.1. The Morgan fingerprint density at radius 1 is 1.11 bits per heavy atom. The largest absolute Gasteiger partial charge is 0.496 e. The number of carbonyl (C=O) groups is 2. The van der Waals surface area contributed by atoms with Crippen molar-refractivity contribution in [3.05, 3.63) is 59.2 Å². The summed E-state index contributed by atoms with van der Waals surface area (Å²) in [5.74, 6) is -3.80. The van der Waals surface area contributed by atoms with Gasteiger partial charge in [0.05, 0.1) is 31.5 Å². The predicted molar refractivity (Wildman–Crippen MR) is 92.5 cm³/mol. The van der Waals surface area contributed by atoms with Crippen LogP contribution < -0.4 is 10.1 Å². The lowest BCUT2D eigenvalue weighted by Crippen LogP contribution is -2.20. The molecule has 0 aliphatic carbocycles. The van der Waals surface area contributed by atoms with Crippen LogP contribution in [0.2, 0.25) is 0 Å². The minimum absolute atomic E-state index is 0.171. The second-order valence-electron chi connectivity index (χ2n) is 5.72. The zero-order valence-corrected chi connectivity index (χ0v) is 14.2. The van der Waals surface area contributed by atoms with Crippen LogP contribution in [0.4, 0.5) is 14.5 Å². The first-order valence-corrected chi connectivity index (χ1v) is 7.89. The van der Waals surface area contributed by atoms with E-state index >= 15 is 0 Å². The zero-order valence-electron chi connectivity index (χ0n) is 14.2. The summed E-state index contributed by atoms with van der Waals surface area (Å²) in [6, 6.07) is 8.85. The Morgan fingerprint density at radius 2 is 1.74 bits per heavy atom. The normalized spacial score (nSPS) is 13.6. The van der Waals surface area contributed by atoms with Gasteiger partial charge in [0.2, 0.25) is 0 Å². The molecule has 0 atom stereocenters. The molecule has 0 aromatic heterocycles. The second-order valence-corrected chi connectivity index (χ2v) is 5.72. The fraction of sp³-hybridized carbons (Fsp3) is 0.158. The summed E-state index contributed by atoms with van der Waals surface area (Å²) in [7, 11) is 1.44. The summed E-state index contributed by atoms with van der Waals surface area (Å²) >= 11 is 0. The van der Waals surface area contributed by atoms with E-state index in [0.717, 1.165) is 12.1 Å².